The van der Waals surface area contributed by atoms with Crippen molar-refractivity contribution in [3.05, 3.63) is 71.0 Å². The molecule has 3 rings (SSSR count). The number of alkyl halides is 3. The van der Waals surface area contributed by atoms with Crippen LogP contribution in [0.4, 0.5) is 22.4 Å². The van der Waals surface area contributed by atoms with Crippen molar-refractivity contribution < 1.29 is 22.4 Å². The molecule has 0 radical (unpaired) electrons. The molecule has 2 aromatic carbocycles. The van der Waals surface area contributed by atoms with Gasteiger partial charge in [0.2, 0.25) is 0 Å². The summed E-state index contributed by atoms with van der Waals surface area (Å²) in [6.45, 7) is 0.375. The molecule has 3 nitrogen and oxygen atoms in total. The lowest BCUT2D eigenvalue weighted by atomic mass is 10.1. The lowest BCUT2D eigenvalue weighted by molar-refractivity contribution is -0.137. The molecule has 1 aliphatic rings. The topological polar surface area (TPSA) is 32.3 Å². The van der Waals surface area contributed by atoms with E-state index in [2.05, 4.69) is 17.2 Å². The largest absolute Gasteiger partial charge is 0.416 e. The summed E-state index contributed by atoms with van der Waals surface area (Å²) in [7, 11) is 0. The Morgan fingerprint density at radius 1 is 1.14 bits per heavy atom. The fourth-order valence-corrected chi connectivity index (χ4v) is 2.68. The van der Waals surface area contributed by atoms with Gasteiger partial charge in [0, 0.05) is 18.2 Å². The lowest BCUT2D eigenvalue weighted by Gasteiger charge is -2.22. The van der Waals surface area contributed by atoms with E-state index in [1.165, 1.54) is 24.3 Å². The zero-order valence-corrected chi connectivity index (χ0v) is 14.9. The number of rotatable bonds is 4. The Labute approximate surface area is 160 Å². The zero-order valence-electron chi connectivity index (χ0n) is 14.9. The first-order valence-electron chi connectivity index (χ1n) is 8.78. The summed E-state index contributed by atoms with van der Waals surface area (Å²) in [6, 6.07) is 10.5. The van der Waals surface area contributed by atoms with E-state index in [1.807, 2.05) is 0 Å². The monoisotopic (exact) mass is 390 g/mol. The van der Waals surface area contributed by atoms with Crippen molar-refractivity contribution in [3.8, 4) is 11.8 Å². The van der Waals surface area contributed by atoms with E-state index >= 15 is 0 Å². The summed E-state index contributed by atoms with van der Waals surface area (Å²) in [5.74, 6) is 4.96. The highest BCUT2D eigenvalue weighted by molar-refractivity contribution is 5.75. The number of hydrogen-bond acceptors (Lipinski definition) is 1. The second-order valence-electron chi connectivity index (χ2n) is 6.52. The van der Waals surface area contributed by atoms with Gasteiger partial charge in [0.25, 0.3) is 0 Å². The minimum atomic E-state index is -4.42. The molecule has 1 N–H and O–H groups in total. The van der Waals surface area contributed by atoms with Crippen LogP contribution >= 0.6 is 0 Å². The average molecular weight is 390 g/mol. The Kier molecular flexibility index (Phi) is 5.88. The second kappa shape index (κ2) is 8.34. The van der Waals surface area contributed by atoms with Crippen LogP contribution in [0.15, 0.2) is 48.5 Å². The maximum atomic E-state index is 13.0. The number of hydrogen-bond donors (Lipinski definition) is 1. The third kappa shape index (κ3) is 5.49. The normalized spacial score (nSPS) is 13.4. The Bertz CT molecular complexity index is 893. The molecule has 0 heterocycles. The lowest BCUT2D eigenvalue weighted by Crippen LogP contribution is -2.41. The number of carbonyl (C=O) groups excluding carboxylic acids is 1. The van der Waals surface area contributed by atoms with E-state index in [0.29, 0.717) is 6.54 Å². The number of halogens is 4. The standard InChI is InChI=1S/C21H18F4N2O/c22-18-8-6-16(7-9-18)14-27(19-10-11-19)20(28)26-12-2-4-15-3-1-5-17(13-15)21(23,24)25/h1,3,5-9,13,19H,10-12,14H2,(H,26,28). The van der Waals surface area contributed by atoms with Crippen LogP contribution in [0.25, 0.3) is 0 Å². The number of carbonyl (C=O) groups is 1. The smallest absolute Gasteiger partial charge is 0.327 e. The van der Waals surface area contributed by atoms with Crippen LogP contribution in [0.5, 0.6) is 0 Å². The van der Waals surface area contributed by atoms with Crippen molar-refractivity contribution in [2.45, 2.75) is 31.6 Å². The molecule has 0 spiro atoms. The van der Waals surface area contributed by atoms with Gasteiger partial charge in [-0.3, -0.25) is 0 Å². The fraction of sp³-hybridized carbons (Fsp3) is 0.286. The molecule has 0 atom stereocenters. The van der Waals surface area contributed by atoms with Gasteiger partial charge in [-0.1, -0.05) is 30.0 Å². The second-order valence-corrected chi connectivity index (χ2v) is 6.52. The van der Waals surface area contributed by atoms with Gasteiger partial charge in [-0.05, 0) is 48.7 Å². The van der Waals surface area contributed by atoms with Crippen LogP contribution in [0.1, 0.15) is 29.5 Å². The molecule has 1 saturated carbocycles. The van der Waals surface area contributed by atoms with Gasteiger partial charge in [-0.2, -0.15) is 13.2 Å². The number of benzene rings is 2. The molecular weight excluding hydrogens is 372 g/mol. The number of urea groups is 1. The molecule has 2 aromatic rings. The van der Waals surface area contributed by atoms with Crippen molar-refractivity contribution in [2.24, 2.45) is 0 Å². The summed E-state index contributed by atoms with van der Waals surface area (Å²) in [6.07, 6.45) is -2.61. The van der Waals surface area contributed by atoms with Gasteiger partial charge in [0.05, 0.1) is 12.1 Å². The molecular formula is C21H18F4N2O. The van der Waals surface area contributed by atoms with Crippen LogP contribution in [0, 0.1) is 17.7 Å². The highest BCUT2D eigenvalue weighted by atomic mass is 19.4. The first-order chi connectivity index (χ1) is 13.3. The quantitative estimate of drug-likeness (QED) is 0.602. The van der Waals surface area contributed by atoms with Crippen molar-refractivity contribution in [1.82, 2.24) is 10.2 Å². The molecule has 0 unspecified atom stereocenters. The summed E-state index contributed by atoms with van der Waals surface area (Å²) in [5.41, 5.74) is 0.287. The summed E-state index contributed by atoms with van der Waals surface area (Å²) in [5, 5.41) is 2.67. The van der Waals surface area contributed by atoms with Crippen molar-refractivity contribution in [2.75, 3.05) is 6.54 Å². The van der Waals surface area contributed by atoms with Gasteiger partial charge in [0.15, 0.2) is 0 Å². The van der Waals surface area contributed by atoms with Crippen LogP contribution in [-0.4, -0.2) is 23.5 Å². The Morgan fingerprint density at radius 3 is 2.50 bits per heavy atom. The van der Waals surface area contributed by atoms with Gasteiger partial charge in [0.1, 0.15) is 5.82 Å². The summed E-state index contributed by atoms with van der Waals surface area (Å²) >= 11 is 0. The van der Waals surface area contributed by atoms with Crippen molar-refractivity contribution in [3.63, 3.8) is 0 Å². The van der Waals surface area contributed by atoms with Gasteiger partial charge in [-0.25, -0.2) is 9.18 Å². The van der Waals surface area contributed by atoms with Crippen LogP contribution in [0.2, 0.25) is 0 Å². The summed E-state index contributed by atoms with van der Waals surface area (Å²) < 4.78 is 51.1. The molecule has 1 fully saturated rings. The minimum Gasteiger partial charge on any atom is -0.327 e. The molecule has 0 bridgehead atoms. The molecule has 1 aliphatic carbocycles. The highest BCUT2D eigenvalue weighted by Gasteiger charge is 2.32. The highest BCUT2D eigenvalue weighted by Crippen LogP contribution is 2.29. The predicted molar refractivity (Wildman–Crippen MR) is 96.7 cm³/mol. The van der Waals surface area contributed by atoms with E-state index in [9.17, 15) is 22.4 Å². The predicted octanol–water partition coefficient (Wildman–Crippen LogP) is 4.57. The zero-order chi connectivity index (χ0) is 20.1. The van der Waals surface area contributed by atoms with Crippen LogP contribution in [0.3, 0.4) is 0 Å². The molecule has 2 amide bonds. The third-order valence-corrected chi connectivity index (χ3v) is 4.27. The van der Waals surface area contributed by atoms with Crippen molar-refractivity contribution in [1.29, 1.82) is 0 Å². The number of amides is 2. The van der Waals surface area contributed by atoms with Crippen molar-refractivity contribution >= 4 is 6.03 Å². The minimum absolute atomic E-state index is 0.0156. The van der Waals surface area contributed by atoms with E-state index in [4.69, 9.17) is 0 Å². The van der Waals surface area contributed by atoms with Crippen LogP contribution in [-0.2, 0) is 12.7 Å². The molecule has 0 aromatic heterocycles. The molecule has 7 heteroatoms. The maximum Gasteiger partial charge on any atom is 0.416 e. The van der Waals surface area contributed by atoms with Gasteiger partial charge < -0.3 is 10.2 Å². The van der Waals surface area contributed by atoms with Gasteiger partial charge >= 0.3 is 12.2 Å². The first kappa shape index (κ1) is 19.7. The average Bonchev–Trinajstić information content (AvgIpc) is 3.49. The molecule has 0 aliphatic heterocycles. The Morgan fingerprint density at radius 2 is 1.86 bits per heavy atom. The van der Waals surface area contributed by atoms with E-state index in [0.717, 1.165) is 30.5 Å². The first-order valence-corrected chi connectivity index (χ1v) is 8.78. The van der Waals surface area contributed by atoms with E-state index < -0.39 is 11.7 Å². The molecule has 0 saturated heterocycles. The number of nitrogens with zero attached hydrogens (tertiary/aromatic N) is 1. The maximum absolute atomic E-state index is 13.0. The van der Waals surface area contributed by atoms with E-state index in [-0.39, 0.29) is 30.0 Å². The van der Waals surface area contributed by atoms with Crippen LogP contribution < -0.4 is 5.32 Å². The van der Waals surface area contributed by atoms with E-state index in [1.54, 1.807) is 17.0 Å². The Balaban J connectivity index is 1.57. The number of nitrogens with one attached hydrogen (secondary N) is 1. The summed E-state index contributed by atoms with van der Waals surface area (Å²) in [4.78, 5) is 14.1. The fourth-order valence-electron chi connectivity index (χ4n) is 2.68. The molecule has 146 valence electrons. The SMILES string of the molecule is O=C(NCC#Cc1cccc(C(F)(F)F)c1)N(Cc1ccc(F)cc1)C1CC1. The Hall–Kier alpha value is -3.01. The third-order valence-electron chi connectivity index (χ3n) is 4.27. The van der Waals surface area contributed by atoms with Gasteiger partial charge in [-0.15, -0.1) is 0 Å². The molecule has 28 heavy (non-hydrogen) atoms.